The lowest BCUT2D eigenvalue weighted by atomic mass is 10.2. The third kappa shape index (κ3) is 2.59. The van der Waals surface area contributed by atoms with Crippen molar-refractivity contribution in [2.75, 3.05) is 18.6 Å². The summed E-state index contributed by atoms with van der Waals surface area (Å²) in [6, 6.07) is 3.56. The molecule has 0 spiro atoms. The number of hydrogen-bond acceptors (Lipinski definition) is 8. The van der Waals surface area contributed by atoms with E-state index in [0.717, 1.165) is 5.56 Å². The van der Waals surface area contributed by atoms with Crippen molar-refractivity contribution in [3.8, 4) is 11.4 Å². The van der Waals surface area contributed by atoms with Crippen molar-refractivity contribution in [2.24, 2.45) is 0 Å². The summed E-state index contributed by atoms with van der Waals surface area (Å²) in [7, 11) is 0. The Labute approximate surface area is 136 Å². The monoisotopic (exact) mass is 330 g/mol. The number of rotatable bonds is 4. The number of carbonyl (C=O) groups is 1. The van der Waals surface area contributed by atoms with Gasteiger partial charge < -0.3 is 10.5 Å². The maximum atomic E-state index is 12.3. The Morgan fingerprint density at radius 3 is 2.74 bits per heavy atom. The van der Waals surface area contributed by atoms with Crippen LogP contribution in [0.4, 0.5) is 5.95 Å². The van der Waals surface area contributed by atoms with E-state index >= 15 is 0 Å². The zero-order valence-electron chi connectivity index (χ0n) is 12.6. The van der Waals surface area contributed by atoms with E-state index in [1.165, 1.54) is 11.8 Å². The van der Waals surface area contributed by atoms with Gasteiger partial charge in [0.25, 0.3) is 0 Å². The van der Waals surface area contributed by atoms with Crippen LogP contribution in [-0.2, 0) is 4.74 Å². The minimum Gasteiger partial charge on any atom is -0.462 e. The highest BCUT2D eigenvalue weighted by atomic mass is 32.2. The molecule has 0 aliphatic heterocycles. The molecule has 0 saturated carbocycles. The van der Waals surface area contributed by atoms with E-state index in [-0.39, 0.29) is 18.1 Å². The molecule has 0 saturated heterocycles. The van der Waals surface area contributed by atoms with Crippen LogP contribution in [0.25, 0.3) is 17.0 Å². The van der Waals surface area contributed by atoms with Gasteiger partial charge in [0.05, 0.1) is 6.61 Å². The van der Waals surface area contributed by atoms with E-state index in [1.54, 1.807) is 42.1 Å². The van der Waals surface area contributed by atoms with Crippen molar-refractivity contribution in [3.63, 3.8) is 0 Å². The van der Waals surface area contributed by atoms with Crippen LogP contribution in [0.15, 0.2) is 29.6 Å². The van der Waals surface area contributed by atoms with E-state index in [1.807, 2.05) is 0 Å². The normalized spacial score (nSPS) is 10.9. The van der Waals surface area contributed by atoms with Gasteiger partial charge in [0.2, 0.25) is 5.95 Å². The summed E-state index contributed by atoms with van der Waals surface area (Å²) in [5, 5.41) is 8.74. The first-order chi connectivity index (χ1) is 11.2. The lowest BCUT2D eigenvalue weighted by Gasteiger charge is -2.10. The Balaban J connectivity index is 2.30. The summed E-state index contributed by atoms with van der Waals surface area (Å²) in [6.45, 7) is 2.00. The van der Waals surface area contributed by atoms with Gasteiger partial charge in [-0.05, 0) is 25.3 Å². The molecule has 0 unspecified atom stereocenters. The molecule has 0 bridgehead atoms. The minimum atomic E-state index is -0.497. The zero-order chi connectivity index (χ0) is 16.4. The van der Waals surface area contributed by atoms with Gasteiger partial charge in [-0.25, -0.2) is 14.2 Å². The number of nitrogens with zero attached hydrogens (tertiary/aromatic N) is 5. The molecule has 3 heterocycles. The fourth-order valence-corrected chi connectivity index (χ4v) is 2.75. The Morgan fingerprint density at radius 2 is 2.09 bits per heavy atom. The van der Waals surface area contributed by atoms with Crippen LogP contribution in [0.5, 0.6) is 0 Å². The Bertz CT molecular complexity index is 865. The average molecular weight is 330 g/mol. The zero-order valence-corrected chi connectivity index (χ0v) is 13.4. The molecule has 9 heteroatoms. The van der Waals surface area contributed by atoms with Gasteiger partial charge >= 0.3 is 5.97 Å². The van der Waals surface area contributed by atoms with Crippen molar-refractivity contribution < 1.29 is 9.53 Å². The smallest absolute Gasteiger partial charge is 0.344 e. The van der Waals surface area contributed by atoms with Gasteiger partial charge in [-0.1, -0.05) is 0 Å². The van der Waals surface area contributed by atoms with E-state index in [0.29, 0.717) is 16.5 Å². The molecule has 0 radical (unpaired) electrons. The van der Waals surface area contributed by atoms with Gasteiger partial charge in [0.15, 0.2) is 11.5 Å². The average Bonchev–Trinajstić information content (AvgIpc) is 3.01. The number of pyridine rings is 1. The van der Waals surface area contributed by atoms with Gasteiger partial charge in [0, 0.05) is 18.0 Å². The van der Waals surface area contributed by atoms with Crippen molar-refractivity contribution in [2.45, 2.75) is 11.9 Å². The molecule has 2 N–H and O–H groups in total. The van der Waals surface area contributed by atoms with Crippen LogP contribution in [0.1, 0.15) is 17.3 Å². The number of thioether (sulfide) groups is 1. The van der Waals surface area contributed by atoms with Crippen LogP contribution >= 0.6 is 11.8 Å². The maximum Gasteiger partial charge on any atom is 0.344 e. The Hall–Kier alpha value is -2.68. The summed E-state index contributed by atoms with van der Waals surface area (Å²) < 4.78 is 6.65. The number of anilines is 1. The highest BCUT2D eigenvalue weighted by Gasteiger charge is 2.24. The van der Waals surface area contributed by atoms with Gasteiger partial charge in [-0.3, -0.25) is 4.98 Å². The van der Waals surface area contributed by atoms with E-state index < -0.39 is 5.97 Å². The lowest BCUT2D eigenvalue weighted by Crippen LogP contribution is -2.13. The number of nitrogens with two attached hydrogens (primary N) is 1. The fourth-order valence-electron chi connectivity index (χ4n) is 2.19. The Morgan fingerprint density at radius 1 is 1.35 bits per heavy atom. The quantitative estimate of drug-likeness (QED) is 0.437. The molecule has 8 nitrogen and oxygen atoms in total. The summed E-state index contributed by atoms with van der Waals surface area (Å²) in [4.78, 5) is 20.6. The molecule has 0 amide bonds. The van der Waals surface area contributed by atoms with Crippen molar-refractivity contribution >= 4 is 29.3 Å². The molecule has 118 valence electrons. The number of ether oxygens (including phenoxy) is 1. The molecular formula is C14H14N6O2S. The number of hydrogen-bond donors (Lipinski definition) is 1. The van der Waals surface area contributed by atoms with Crippen LogP contribution in [0.3, 0.4) is 0 Å². The van der Waals surface area contributed by atoms with Crippen LogP contribution in [0, 0.1) is 0 Å². The van der Waals surface area contributed by atoms with Crippen molar-refractivity contribution in [3.05, 3.63) is 30.1 Å². The SMILES string of the molecule is CCOC(=O)c1c(SC)nc(N)n2c(-c3ccncc3)nnc12. The van der Waals surface area contributed by atoms with E-state index in [9.17, 15) is 4.79 Å². The third-order valence-corrected chi connectivity index (χ3v) is 3.84. The summed E-state index contributed by atoms with van der Waals surface area (Å²) >= 11 is 1.30. The predicted octanol–water partition coefficient (Wildman–Crippen LogP) is 1.67. The highest BCUT2D eigenvalue weighted by molar-refractivity contribution is 7.98. The largest absolute Gasteiger partial charge is 0.462 e. The molecule has 0 aromatic carbocycles. The van der Waals surface area contributed by atoms with Crippen LogP contribution in [0.2, 0.25) is 0 Å². The van der Waals surface area contributed by atoms with Gasteiger partial charge in [-0.15, -0.1) is 22.0 Å². The lowest BCUT2D eigenvalue weighted by molar-refractivity contribution is 0.0523. The first-order valence-corrected chi connectivity index (χ1v) is 8.06. The number of fused-ring (bicyclic) bond motifs is 1. The highest BCUT2D eigenvalue weighted by Crippen LogP contribution is 2.28. The van der Waals surface area contributed by atoms with Crippen LogP contribution in [-0.4, -0.2) is 43.4 Å². The summed E-state index contributed by atoms with van der Waals surface area (Å²) in [6.07, 6.45) is 5.09. The first kappa shape index (κ1) is 15.2. The second-order valence-electron chi connectivity index (χ2n) is 4.49. The second-order valence-corrected chi connectivity index (χ2v) is 5.29. The summed E-state index contributed by atoms with van der Waals surface area (Å²) in [5.74, 6) is 0.197. The van der Waals surface area contributed by atoms with Gasteiger partial charge in [0.1, 0.15) is 10.6 Å². The molecule has 23 heavy (non-hydrogen) atoms. The standard InChI is InChI=1S/C14H14N6O2S/c1-3-22-13(21)9-11-19-18-10(8-4-6-16-7-5-8)20(11)14(15)17-12(9)23-2/h4-7H,3H2,1-2H3,(H2,15,17). The molecule has 3 aromatic heterocycles. The van der Waals surface area contributed by atoms with Crippen molar-refractivity contribution in [1.29, 1.82) is 0 Å². The minimum absolute atomic E-state index is 0.203. The molecule has 0 aliphatic rings. The van der Waals surface area contributed by atoms with Crippen molar-refractivity contribution in [1.82, 2.24) is 24.6 Å². The van der Waals surface area contributed by atoms with Gasteiger partial charge in [-0.2, -0.15) is 0 Å². The molecule has 0 fully saturated rings. The number of aromatic nitrogens is 5. The predicted molar refractivity (Wildman–Crippen MR) is 86.2 cm³/mol. The number of esters is 1. The summed E-state index contributed by atoms with van der Waals surface area (Å²) in [5.41, 5.74) is 7.41. The Kier molecular flexibility index (Phi) is 4.11. The maximum absolute atomic E-state index is 12.3. The number of nitrogen functional groups attached to an aromatic ring is 1. The first-order valence-electron chi connectivity index (χ1n) is 6.83. The van der Waals surface area contributed by atoms with E-state index in [4.69, 9.17) is 10.5 Å². The van der Waals surface area contributed by atoms with Crippen LogP contribution < -0.4 is 5.73 Å². The topological polar surface area (TPSA) is 108 Å². The molecular weight excluding hydrogens is 316 g/mol. The third-order valence-electron chi connectivity index (χ3n) is 3.16. The fraction of sp³-hybridized carbons (Fsp3) is 0.214. The number of carbonyl (C=O) groups excluding carboxylic acids is 1. The molecule has 0 aliphatic carbocycles. The second kappa shape index (κ2) is 6.21. The molecule has 3 rings (SSSR count). The van der Waals surface area contributed by atoms with E-state index in [2.05, 4.69) is 20.2 Å². The molecule has 3 aromatic rings. The molecule has 0 atom stereocenters.